The number of ether oxygens (including phenoxy) is 1. The Morgan fingerprint density at radius 2 is 1.86 bits per heavy atom. The fourth-order valence-corrected chi connectivity index (χ4v) is 2.17. The first-order chi connectivity index (χ1) is 9.55. The third-order valence-electron chi connectivity index (χ3n) is 2.64. The van der Waals surface area contributed by atoms with Crippen LogP contribution in [0.4, 0.5) is 0 Å². The Hall–Kier alpha value is -1.19. The molecule has 9 heteroatoms. The van der Waals surface area contributed by atoms with Crippen LogP contribution in [-0.4, -0.2) is 68.9 Å². The lowest BCUT2D eigenvalue weighted by Crippen LogP contribution is -2.41. The first kappa shape index (κ1) is 19.8. The number of carboxylic acid groups (broad SMARTS) is 1. The van der Waals surface area contributed by atoms with Crippen molar-refractivity contribution < 1.29 is 27.9 Å². The van der Waals surface area contributed by atoms with Gasteiger partial charge in [0, 0.05) is 13.6 Å². The molecule has 0 heterocycles. The molecule has 0 aromatic carbocycles. The Bertz CT molecular complexity index is 449. The number of amides is 1. The Labute approximate surface area is 125 Å². The summed E-state index contributed by atoms with van der Waals surface area (Å²) in [6, 6.07) is 0. The van der Waals surface area contributed by atoms with Crippen LogP contribution in [0.1, 0.15) is 20.8 Å². The van der Waals surface area contributed by atoms with E-state index < -0.39 is 34.4 Å². The summed E-state index contributed by atoms with van der Waals surface area (Å²) < 4.78 is 30.5. The summed E-state index contributed by atoms with van der Waals surface area (Å²) in [7, 11) is -2.16. The van der Waals surface area contributed by atoms with Gasteiger partial charge in [-0.2, -0.15) is 0 Å². The molecule has 0 aliphatic heterocycles. The summed E-state index contributed by atoms with van der Waals surface area (Å²) >= 11 is 0. The molecule has 0 aromatic rings. The topological polar surface area (TPSA) is 113 Å². The van der Waals surface area contributed by atoms with Crippen molar-refractivity contribution in [2.24, 2.45) is 5.92 Å². The largest absolute Gasteiger partial charge is 0.481 e. The van der Waals surface area contributed by atoms with E-state index in [0.29, 0.717) is 0 Å². The van der Waals surface area contributed by atoms with E-state index >= 15 is 0 Å². The van der Waals surface area contributed by atoms with E-state index in [0.717, 1.165) is 0 Å². The van der Waals surface area contributed by atoms with E-state index in [1.165, 1.54) is 18.9 Å². The number of hydrogen-bond acceptors (Lipinski definition) is 5. The molecule has 0 radical (unpaired) electrons. The SMILES string of the molecule is CC(C)OCCS(=O)(=O)NCC(=O)N(C)CC(C)C(=O)O. The van der Waals surface area contributed by atoms with Crippen LogP contribution in [0.3, 0.4) is 0 Å². The highest BCUT2D eigenvalue weighted by molar-refractivity contribution is 7.89. The summed E-state index contributed by atoms with van der Waals surface area (Å²) in [5.41, 5.74) is 0. The molecule has 0 aromatic heterocycles. The Kier molecular flexibility index (Phi) is 8.45. The molecule has 0 bridgehead atoms. The quantitative estimate of drug-likeness (QED) is 0.561. The number of sulfonamides is 1. The van der Waals surface area contributed by atoms with Crippen molar-refractivity contribution in [3.05, 3.63) is 0 Å². The highest BCUT2D eigenvalue weighted by atomic mass is 32.2. The highest BCUT2D eigenvalue weighted by Crippen LogP contribution is 1.98. The van der Waals surface area contributed by atoms with Crippen molar-refractivity contribution in [3.63, 3.8) is 0 Å². The van der Waals surface area contributed by atoms with Gasteiger partial charge in [-0.1, -0.05) is 6.92 Å². The maximum absolute atomic E-state index is 11.7. The van der Waals surface area contributed by atoms with Gasteiger partial charge >= 0.3 is 5.97 Å². The maximum Gasteiger partial charge on any atom is 0.308 e. The second-order valence-electron chi connectivity index (χ2n) is 5.07. The molecule has 21 heavy (non-hydrogen) atoms. The van der Waals surface area contributed by atoms with Crippen LogP contribution in [-0.2, 0) is 24.3 Å². The molecule has 0 rings (SSSR count). The summed E-state index contributed by atoms with van der Waals surface area (Å²) in [6.45, 7) is 4.73. The molecule has 0 aliphatic rings. The summed E-state index contributed by atoms with van der Waals surface area (Å²) in [4.78, 5) is 23.6. The molecule has 124 valence electrons. The number of aliphatic carboxylic acids is 1. The molecule has 0 fully saturated rings. The van der Waals surface area contributed by atoms with Crippen molar-refractivity contribution >= 4 is 21.9 Å². The van der Waals surface area contributed by atoms with Crippen LogP contribution in [0.2, 0.25) is 0 Å². The van der Waals surface area contributed by atoms with Crippen LogP contribution in [0.25, 0.3) is 0 Å². The Balaban J connectivity index is 4.19. The average Bonchev–Trinajstić information content (AvgIpc) is 2.34. The zero-order valence-electron chi connectivity index (χ0n) is 12.8. The fraction of sp³-hybridized carbons (Fsp3) is 0.833. The Morgan fingerprint density at radius 1 is 1.29 bits per heavy atom. The summed E-state index contributed by atoms with van der Waals surface area (Å²) in [5.74, 6) is -2.44. The van der Waals surface area contributed by atoms with E-state index in [2.05, 4.69) is 4.72 Å². The van der Waals surface area contributed by atoms with Gasteiger partial charge in [0.1, 0.15) is 0 Å². The van der Waals surface area contributed by atoms with E-state index in [4.69, 9.17) is 9.84 Å². The van der Waals surface area contributed by atoms with E-state index in [-0.39, 0.29) is 25.0 Å². The molecule has 1 amide bonds. The monoisotopic (exact) mass is 324 g/mol. The fourth-order valence-electron chi connectivity index (χ4n) is 1.36. The summed E-state index contributed by atoms with van der Waals surface area (Å²) in [5, 5.41) is 8.75. The average molecular weight is 324 g/mol. The lowest BCUT2D eigenvalue weighted by Gasteiger charge is -2.19. The number of nitrogens with zero attached hydrogens (tertiary/aromatic N) is 1. The number of carbonyl (C=O) groups is 2. The number of rotatable bonds is 10. The standard InChI is InChI=1S/C12H24N2O6S/c1-9(2)20-5-6-21(18,19)13-7-11(15)14(4)8-10(3)12(16)17/h9-10,13H,5-8H2,1-4H3,(H,16,17). The third kappa shape index (κ3) is 9.38. The van der Waals surface area contributed by atoms with Crippen LogP contribution >= 0.6 is 0 Å². The van der Waals surface area contributed by atoms with Crippen LogP contribution in [0.15, 0.2) is 0 Å². The molecular weight excluding hydrogens is 300 g/mol. The zero-order chi connectivity index (χ0) is 16.6. The third-order valence-corrected chi connectivity index (χ3v) is 3.93. The second-order valence-corrected chi connectivity index (χ2v) is 7.00. The number of carbonyl (C=O) groups excluding carboxylic acids is 1. The first-order valence-corrected chi connectivity index (χ1v) is 8.26. The predicted molar refractivity (Wildman–Crippen MR) is 77.3 cm³/mol. The minimum Gasteiger partial charge on any atom is -0.481 e. The lowest BCUT2D eigenvalue weighted by atomic mass is 10.2. The molecule has 0 spiro atoms. The van der Waals surface area contributed by atoms with Gasteiger partial charge < -0.3 is 14.7 Å². The highest BCUT2D eigenvalue weighted by Gasteiger charge is 2.19. The molecule has 0 saturated carbocycles. The summed E-state index contributed by atoms with van der Waals surface area (Å²) in [6.07, 6.45) is -0.0644. The maximum atomic E-state index is 11.7. The van der Waals surface area contributed by atoms with Crippen molar-refractivity contribution in [3.8, 4) is 0 Å². The molecule has 2 N–H and O–H groups in total. The van der Waals surface area contributed by atoms with Gasteiger partial charge in [0.25, 0.3) is 0 Å². The Morgan fingerprint density at radius 3 is 2.33 bits per heavy atom. The molecule has 0 aliphatic carbocycles. The second kappa shape index (κ2) is 8.96. The number of hydrogen-bond donors (Lipinski definition) is 2. The van der Waals surface area contributed by atoms with Crippen molar-refractivity contribution in [1.29, 1.82) is 0 Å². The molecule has 1 unspecified atom stereocenters. The number of likely N-dealkylation sites (N-methyl/N-ethyl adjacent to an activating group) is 1. The van der Waals surface area contributed by atoms with Gasteiger partial charge in [-0.25, -0.2) is 13.1 Å². The van der Waals surface area contributed by atoms with Crippen LogP contribution in [0.5, 0.6) is 0 Å². The van der Waals surface area contributed by atoms with E-state index in [9.17, 15) is 18.0 Å². The number of nitrogens with one attached hydrogen (secondary N) is 1. The molecule has 8 nitrogen and oxygen atoms in total. The normalized spacial score (nSPS) is 13.2. The van der Waals surface area contributed by atoms with Crippen LogP contribution < -0.4 is 4.72 Å². The molecule has 0 saturated heterocycles. The van der Waals surface area contributed by atoms with Gasteiger partial charge in [0.15, 0.2) is 0 Å². The van der Waals surface area contributed by atoms with Gasteiger partial charge in [-0.15, -0.1) is 0 Å². The predicted octanol–water partition coefficient (Wildman–Crippen LogP) is -0.490. The van der Waals surface area contributed by atoms with Crippen molar-refractivity contribution in [2.75, 3.05) is 32.5 Å². The van der Waals surface area contributed by atoms with Gasteiger partial charge in [-0.05, 0) is 13.8 Å². The molecular formula is C12H24N2O6S. The van der Waals surface area contributed by atoms with Gasteiger partial charge in [-0.3, -0.25) is 9.59 Å². The van der Waals surface area contributed by atoms with E-state index in [1.54, 1.807) is 13.8 Å². The van der Waals surface area contributed by atoms with Crippen molar-refractivity contribution in [2.45, 2.75) is 26.9 Å². The van der Waals surface area contributed by atoms with Crippen LogP contribution in [0, 0.1) is 5.92 Å². The van der Waals surface area contributed by atoms with Crippen molar-refractivity contribution in [1.82, 2.24) is 9.62 Å². The van der Waals surface area contributed by atoms with Gasteiger partial charge in [0.2, 0.25) is 15.9 Å². The minimum absolute atomic E-state index is 0.0202. The first-order valence-electron chi connectivity index (χ1n) is 6.61. The number of carboxylic acids is 1. The minimum atomic E-state index is -3.59. The zero-order valence-corrected chi connectivity index (χ0v) is 13.6. The van der Waals surface area contributed by atoms with E-state index in [1.807, 2.05) is 0 Å². The molecule has 1 atom stereocenters. The lowest BCUT2D eigenvalue weighted by molar-refractivity contribution is -0.142. The smallest absolute Gasteiger partial charge is 0.308 e. The van der Waals surface area contributed by atoms with Gasteiger partial charge in [0.05, 0.1) is 30.9 Å².